The van der Waals surface area contributed by atoms with Crippen LogP contribution in [0, 0.1) is 0 Å². The van der Waals surface area contributed by atoms with E-state index >= 15 is 0 Å². The van der Waals surface area contributed by atoms with Gasteiger partial charge in [0.25, 0.3) is 0 Å². The van der Waals surface area contributed by atoms with Crippen molar-refractivity contribution in [2.24, 2.45) is 0 Å². The third-order valence-corrected chi connectivity index (χ3v) is 4.69. The SMILES string of the molecule is COC(=O)c1cc2c(=O)oc3ccc(OC)cc3c2c2c1CCC2. The van der Waals surface area contributed by atoms with Gasteiger partial charge >= 0.3 is 11.6 Å². The van der Waals surface area contributed by atoms with Gasteiger partial charge in [0.1, 0.15) is 11.3 Å². The summed E-state index contributed by atoms with van der Waals surface area (Å²) in [7, 11) is 2.95. The Bertz CT molecular complexity index is 1050. The number of hydrogen-bond acceptors (Lipinski definition) is 5. The average Bonchev–Trinajstić information content (AvgIpc) is 3.09. The lowest BCUT2D eigenvalue weighted by molar-refractivity contribution is 0.0600. The maximum Gasteiger partial charge on any atom is 0.344 e. The molecule has 1 aromatic heterocycles. The summed E-state index contributed by atoms with van der Waals surface area (Å²) >= 11 is 0. The van der Waals surface area contributed by atoms with Crippen LogP contribution in [0.4, 0.5) is 0 Å². The second-order valence-corrected chi connectivity index (χ2v) is 5.90. The standard InChI is InChI=1S/C19H16O5/c1-22-10-6-7-16-14(8-10)17-12-5-3-4-11(12)13(18(20)23-2)9-15(17)19(21)24-16/h6-9H,3-5H2,1-2H3. The Morgan fingerprint density at radius 2 is 1.88 bits per heavy atom. The van der Waals surface area contributed by atoms with E-state index in [0.29, 0.717) is 22.3 Å². The number of aryl methyl sites for hydroxylation is 1. The molecule has 4 rings (SSSR count). The molecule has 2 aromatic carbocycles. The first kappa shape index (κ1) is 14.8. The zero-order chi connectivity index (χ0) is 16.8. The highest BCUT2D eigenvalue weighted by Gasteiger charge is 2.25. The van der Waals surface area contributed by atoms with Gasteiger partial charge < -0.3 is 13.9 Å². The molecule has 1 aliphatic carbocycles. The molecule has 0 spiro atoms. The number of rotatable bonds is 2. The Hall–Kier alpha value is -2.82. The van der Waals surface area contributed by atoms with E-state index in [0.717, 1.165) is 41.2 Å². The van der Waals surface area contributed by atoms with Crippen molar-refractivity contribution in [3.05, 3.63) is 51.4 Å². The summed E-state index contributed by atoms with van der Waals surface area (Å²) in [5.41, 5.74) is 2.56. The van der Waals surface area contributed by atoms with Gasteiger partial charge in [0, 0.05) is 10.8 Å². The van der Waals surface area contributed by atoms with Crippen molar-refractivity contribution in [1.29, 1.82) is 0 Å². The molecule has 0 bridgehead atoms. The van der Waals surface area contributed by atoms with Crippen LogP contribution >= 0.6 is 0 Å². The number of fused-ring (bicyclic) bond motifs is 5. The molecule has 122 valence electrons. The summed E-state index contributed by atoms with van der Waals surface area (Å²) < 4.78 is 15.6. The lowest BCUT2D eigenvalue weighted by atomic mass is 9.94. The molecule has 24 heavy (non-hydrogen) atoms. The van der Waals surface area contributed by atoms with E-state index in [1.165, 1.54) is 7.11 Å². The van der Waals surface area contributed by atoms with Crippen molar-refractivity contribution in [1.82, 2.24) is 0 Å². The first-order valence-electron chi connectivity index (χ1n) is 7.81. The van der Waals surface area contributed by atoms with Crippen LogP contribution in [0.15, 0.2) is 33.5 Å². The van der Waals surface area contributed by atoms with E-state index in [-0.39, 0.29) is 0 Å². The Morgan fingerprint density at radius 3 is 2.62 bits per heavy atom. The number of methoxy groups -OCH3 is 2. The van der Waals surface area contributed by atoms with Gasteiger partial charge in [-0.15, -0.1) is 0 Å². The largest absolute Gasteiger partial charge is 0.497 e. The predicted molar refractivity (Wildman–Crippen MR) is 89.9 cm³/mol. The summed E-state index contributed by atoms with van der Waals surface area (Å²) in [6.07, 6.45) is 2.58. The normalized spacial score (nSPS) is 13.2. The van der Waals surface area contributed by atoms with Crippen molar-refractivity contribution < 1.29 is 18.7 Å². The predicted octanol–water partition coefficient (Wildman–Crippen LogP) is 3.23. The Morgan fingerprint density at radius 1 is 1.08 bits per heavy atom. The van der Waals surface area contributed by atoms with Crippen molar-refractivity contribution in [2.45, 2.75) is 19.3 Å². The second kappa shape index (κ2) is 5.37. The van der Waals surface area contributed by atoms with Gasteiger partial charge in [-0.2, -0.15) is 0 Å². The van der Waals surface area contributed by atoms with Crippen LogP contribution in [-0.4, -0.2) is 20.2 Å². The van der Waals surface area contributed by atoms with Crippen molar-refractivity contribution >= 4 is 27.7 Å². The highest BCUT2D eigenvalue weighted by atomic mass is 16.5. The molecule has 0 atom stereocenters. The lowest BCUT2D eigenvalue weighted by Gasteiger charge is -2.12. The quantitative estimate of drug-likeness (QED) is 0.411. The number of carbonyl (C=O) groups is 1. The van der Waals surface area contributed by atoms with Crippen LogP contribution < -0.4 is 10.4 Å². The summed E-state index contributed by atoms with van der Waals surface area (Å²) in [5, 5.41) is 2.11. The van der Waals surface area contributed by atoms with E-state index in [4.69, 9.17) is 13.9 Å². The molecule has 0 aliphatic heterocycles. The molecule has 5 nitrogen and oxygen atoms in total. The Kier molecular flexibility index (Phi) is 3.30. The van der Waals surface area contributed by atoms with Crippen LogP contribution in [0.3, 0.4) is 0 Å². The highest BCUT2D eigenvalue weighted by molar-refractivity contribution is 6.10. The molecule has 0 unspecified atom stereocenters. The number of esters is 1. The number of ether oxygens (including phenoxy) is 2. The summed E-state index contributed by atoms with van der Waals surface area (Å²) in [6, 6.07) is 6.98. The van der Waals surface area contributed by atoms with Crippen LogP contribution in [-0.2, 0) is 17.6 Å². The Labute approximate surface area is 137 Å². The van der Waals surface area contributed by atoms with E-state index in [1.807, 2.05) is 6.07 Å². The molecule has 0 radical (unpaired) electrons. The van der Waals surface area contributed by atoms with Crippen molar-refractivity contribution in [3.63, 3.8) is 0 Å². The molecule has 0 saturated carbocycles. The topological polar surface area (TPSA) is 65.7 Å². The van der Waals surface area contributed by atoms with Crippen LogP contribution in [0.5, 0.6) is 5.75 Å². The van der Waals surface area contributed by atoms with Crippen molar-refractivity contribution in [2.75, 3.05) is 14.2 Å². The number of benzene rings is 2. The second-order valence-electron chi connectivity index (χ2n) is 5.90. The van der Waals surface area contributed by atoms with Gasteiger partial charge in [-0.05, 0) is 54.7 Å². The lowest BCUT2D eigenvalue weighted by Crippen LogP contribution is -2.09. The van der Waals surface area contributed by atoms with Gasteiger partial charge in [-0.1, -0.05) is 0 Å². The zero-order valence-electron chi connectivity index (χ0n) is 13.5. The Balaban J connectivity index is 2.20. The molecular weight excluding hydrogens is 308 g/mol. The maximum absolute atomic E-state index is 12.5. The fourth-order valence-corrected chi connectivity index (χ4v) is 3.62. The van der Waals surface area contributed by atoms with Gasteiger partial charge in [0.15, 0.2) is 0 Å². The van der Waals surface area contributed by atoms with Gasteiger partial charge in [-0.25, -0.2) is 9.59 Å². The van der Waals surface area contributed by atoms with Crippen LogP contribution in [0.1, 0.15) is 27.9 Å². The number of carbonyl (C=O) groups excluding carboxylic acids is 1. The summed E-state index contributed by atoms with van der Waals surface area (Å²) in [6.45, 7) is 0. The molecule has 0 amide bonds. The highest BCUT2D eigenvalue weighted by Crippen LogP contribution is 2.37. The molecule has 0 fully saturated rings. The van der Waals surface area contributed by atoms with E-state index in [9.17, 15) is 9.59 Å². The summed E-state index contributed by atoms with van der Waals surface area (Å²) in [4.78, 5) is 24.6. The molecule has 0 saturated heterocycles. The fraction of sp³-hybridized carbons (Fsp3) is 0.263. The van der Waals surface area contributed by atoms with Gasteiger partial charge in [0.2, 0.25) is 0 Å². The van der Waals surface area contributed by atoms with Crippen LogP contribution in [0.25, 0.3) is 21.7 Å². The number of hydrogen-bond donors (Lipinski definition) is 0. The van der Waals surface area contributed by atoms with E-state index in [2.05, 4.69) is 0 Å². The molecule has 5 heteroatoms. The molecule has 0 N–H and O–H groups in total. The van der Waals surface area contributed by atoms with E-state index in [1.54, 1.807) is 25.3 Å². The molecule has 3 aromatic rings. The average molecular weight is 324 g/mol. The minimum Gasteiger partial charge on any atom is -0.497 e. The van der Waals surface area contributed by atoms with Gasteiger partial charge in [0.05, 0.1) is 25.2 Å². The van der Waals surface area contributed by atoms with E-state index < -0.39 is 11.6 Å². The first-order chi connectivity index (χ1) is 11.6. The molecule has 1 aliphatic rings. The zero-order valence-corrected chi connectivity index (χ0v) is 13.5. The maximum atomic E-state index is 12.5. The summed E-state index contributed by atoms with van der Waals surface area (Å²) in [5.74, 6) is 0.279. The smallest absolute Gasteiger partial charge is 0.344 e. The minimum absolute atomic E-state index is 0.414. The fourth-order valence-electron chi connectivity index (χ4n) is 3.62. The third-order valence-electron chi connectivity index (χ3n) is 4.69. The molecule has 1 heterocycles. The first-order valence-corrected chi connectivity index (χ1v) is 7.81. The monoisotopic (exact) mass is 324 g/mol. The third kappa shape index (κ3) is 2.01. The van der Waals surface area contributed by atoms with Gasteiger partial charge in [-0.3, -0.25) is 0 Å². The molecular formula is C19H16O5. The van der Waals surface area contributed by atoms with Crippen LogP contribution in [0.2, 0.25) is 0 Å². The minimum atomic E-state index is -0.442. The van der Waals surface area contributed by atoms with Crippen molar-refractivity contribution in [3.8, 4) is 5.75 Å².